The van der Waals surface area contributed by atoms with Gasteiger partial charge in [-0.05, 0) is 33.1 Å². The third-order valence-electron chi connectivity index (χ3n) is 2.96. The molecule has 90 valence electrons. The molecular weight excluding hydrogens is 200 g/mol. The topological polar surface area (TPSA) is 41.0 Å². The van der Waals surface area contributed by atoms with Crippen molar-refractivity contribution in [2.75, 3.05) is 26.7 Å². The zero-order chi connectivity index (χ0) is 11.8. The van der Waals surface area contributed by atoms with Gasteiger partial charge in [0, 0.05) is 24.0 Å². The second-order valence-electron chi connectivity index (χ2n) is 3.83. The minimum Gasteiger partial charge on any atom is -0.313 e. The van der Waals surface area contributed by atoms with Crippen molar-refractivity contribution in [2.24, 2.45) is 0 Å². The highest BCUT2D eigenvalue weighted by Gasteiger charge is 2.10. The molecule has 0 radical (unpaired) electrons. The first-order valence-electron chi connectivity index (χ1n) is 5.96. The van der Waals surface area contributed by atoms with Gasteiger partial charge in [-0.25, -0.2) is 9.97 Å². The van der Waals surface area contributed by atoms with Crippen molar-refractivity contribution >= 4 is 0 Å². The highest BCUT2D eigenvalue weighted by molar-refractivity contribution is 5.08. The number of aromatic nitrogens is 2. The minimum absolute atomic E-state index is 0.349. The zero-order valence-electron chi connectivity index (χ0n) is 10.5. The molecule has 1 aromatic rings. The molecule has 4 nitrogen and oxygen atoms in total. The lowest BCUT2D eigenvalue weighted by atomic mass is 10.1. The van der Waals surface area contributed by atoms with Crippen molar-refractivity contribution < 1.29 is 0 Å². The summed E-state index contributed by atoms with van der Waals surface area (Å²) in [5, 5.41) is 3.32. The number of rotatable bonds is 7. The van der Waals surface area contributed by atoms with E-state index < -0.39 is 0 Å². The first kappa shape index (κ1) is 13.1. The van der Waals surface area contributed by atoms with Gasteiger partial charge in [-0.15, -0.1) is 0 Å². The van der Waals surface area contributed by atoms with Crippen LogP contribution in [0, 0.1) is 0 Å². The average Bonchev–Trinajstić information content (AvgIpc) is 2.36. The lowest BCUT2D eigenvalue weighted by Gasteiger charge is -2.22. The van der Waals surface area contributed by atoms with E-state index >= 15 is 0 Å². The number of nitrogens with one attached hydrogen (secondary N) is 1. The lowest BCUT2D eigenvalue weighted by Crippen LogP contribution is -2.28. The van der Waals surface area contributed by atoms with Crippen molar-refractivity contribution in [3.05, 3.63) is 24.3 Å². The molecule has 16 heavy (non-hydrogen) atoms. The van der Waals surface area contributed by atoms with Gasteiger partial charge < -0.3 is 10.2 Å². The molecule has 1 aromatic heterocycles. The summed E-state index contributed by atoms with van der Waals surface area (Å²) in [6.07, 6.45) is 6.43. The van der Waals surface area contributed by atoms with E-state index in [1.165, 1.54) is 0 Å². The van der Waals surface area contributed by atoms with Crippen LogP contribution in [-0.4, -0.2) is 41.5 Å². The largest absolute Gasteiger partial charge is 0.313 e. The van der Waals surface area contributed by atoms with Crippen molar-refractivity contribution in [2.45, 2.75) is 26.3 Å². The van der Waals surface area contributed by atoms with E-state index in [1.807, 2.05) is 19.4 Å². The molecule has 0 fully saturated rings. The molecule has 0 aromatic carbocycles. The van der Waals surface area contributed by atoms with Crippen LogP contribution in [-0.2, 0) is 0 Å². The average molecular weight is 222 g/mol. The smallest absolute Gasteiger partial charge is 0.115 e. The van der Waals surface area contributed by atoms with E-state index in [4.69, 9.17) is 0 Å². The fourth-order valence-corrected chi connectivity index (χ4v) is 1.82. The lowest BCUT2D eigenvalue weighted by molar-refractivity contribution is 0.284. The van der Waals surface area contributed by atoms with Gasteiger partial charge in [-0.1, -0.05) is 13.8 Å². The summed E-state index contributed by atoms with van der Waals surface area (Å²) in [6.45, 7) is 7.72. The van der Waals surface area contributed by atoms with E-state index in [0.29, 0.717) is 6.04 Å². The Labute approximate surface area is 98.1 Å². The normalized spacial score (nSPS) is 13.0. The van der Waals surface area contributed by atoms with Crippen molar-refractivity contribution in [1.82, 2.24) is 20.2 Å². The molecule has 0 amide bonds. The van der Waals surface area contributed by atoms with Gasteiger partial charge in [0.1, 0.15) is 6.33 Å². The number of nitrogens with zero attached hydrogens (tertiary/aromatic N) is 3. The second kappa shape index (κ2) is 7.30. The van der Waals surface area contributed by atoms with Crippen LogP contribution in [0.15, 0.2) is 18.7 Å². The highest BCUT2D eigenvalue weighted by Crippen LogP contribution is 2.14. The molecule has 0 aliphatic heterocycles. The predicted molar refractivity (Wildman–Crippen MR) is 66.2 cm³/mol. The fourth-order valence-electron chi connectivity index (χ4n) is 1.82. The van der Waals surface area contributed by atoms with Crippen molar-refractivity contribution in [3.63, 3.8) is 0 Å². The Bertz CT molecular complexity index is 272. The summed E-state index contributed by atoms with van der Waals surface area (Å²) in [5.74, 6) is 0. The van der Waals surface area contributed by atoms with Gasteiger partial charge in [-0.3, -0.25) is 0 Å². The standard InChI is InChI=1S/C12H22N4/c1-4-16(5-2)7-6-12(13-3)11-8-14-10-15-9-11/h8-10,12-13H,4-7H2,1-3H3. The Morgan fingerprint density at radius 2 is 1.88 bits per heavy atom. The quantitative estimate of drug-likeness (QED) is 0.758. The summed E-state index contributed by atoms with van der Waals surface area (Å²) in [4.78, 5) is 10.5. The molecule has 1 heterocycles. The Morgan fingerprint density at radius 3 is 2.38 bits per heavy atom. The maximum atomic E-state index is 4.06. The van der Waals surface area contributed by atoms with Gasteiger partial charge in [0.15, 0.2) is 0 Å². The van der Waals surface area contributed by atoms with Gasteiger partial charge >= 0.3 is 0 Å². The molecular formula is C12H22N4. The monoisotopic (exact) mass is 222 g/mol. The highest BCUT2D eigenvalue weighted by atomic mass is 15.1. The van der Waals surface area contributed by atoms with Crippen LogP contribution < -0.4 is 5.32 Å². The molecule has 1 atom stereocenters. The summed E-state index contributed by atoms with van der Waals surface area (Å²) in [6, 6.07) is 0.349. The SMILES string of the molecule is CCN(CC)CCC(NC)c1cncnc1. The number of hydrogen-bond donors (Lipinski definition) is 1. The Kier molecular flexibility index (Phi) is 5.96. The van der Waals surface area contributed by atoms with Crippen LogP contribution in [0.2, 0.25) is 0 Å². The summed E-state index contributed by atoms with van der Waals surface area (Å²) >= 11 is 0. The number of hydrogen-bond acceptors (Lipinski definition) is 4. The van der Waals surface area contributed by atoms with E-state index in [-0.39, 0.29) is 0 Å². The van der Waals surface area contributed by atoms with Crippen LogP contribution in [0.5, 0.6) is 0 Å². The Morgan fingerprint density at radius 1 is 1.25 bits per heavy atom. The molecule has 0 aliphatic rings. The second-order valence-corrected chi connectivity index (χ2v) is 3.83. The van der Waals surface area contributed by atoms with Crippen LogP contribution in [0.25, 0.3) is 0 Å². The first-order chi connectivity index (χ1) is 7.81. The predicted octanol–water partition coefficient (Wildman–Crippen LogP) is 1.47. The van der Waals surface area contributed by atoms with Gasteiger partial charge in [0.25, 0.3) is 0 Å². The van der Waals surface area contributed by atoms with Gasteiger partial charge in [-0.2, -0.15) is 0 Å². The summed E-state index contributed by atoms with van der Waals surface area (Å²) < 4.78 is 0. The molecule has 0 saturated carbocycles. The fraction of sp³-hybridized carbons (Fsp3) is 0.667. The van der Waals surface area contributed by atoms with E-state index in [2.05, 4.69) is 34.0 Å². The molecule has 0 bridgehead atoms. The molecule has 1 unspecified atom stereocenters. The van der Waals surface area contributed by atoms with E-state index in [0.717, 1.165) is 31.6 Å². The third kappa shape index (κ3) is 3.87. The van der Waals surface area contributed by atoms with Gasteiger partial charge in [0.05, 0.1) is 0 Å². The maximum absolute atomic E-state index is 4.06. The van der Waals surface area contributed by atoms with Crippen molar-refractivity contribution in [3.8, 4) is 0 Å². The molecule has 0 aliphatic carbocycles. The van der Waals surface area contributed by atoms with Crippen LogP contribution in [0.3, 0.4) is 0 Å². The first-order valence-corrected chi connectivity index (χ1v) is 5.96. The Hall–Kier alpha value is -1.00. The van der Waals surface area contributed by atoms with E-state index in [9.17, 15) is 0 Å². The molecule has 4 heteroatoms. The molecule has 1 N–H and O–H groups in total. The third-order valence-corrected chi connectivity index (χ3v) is 2.96. The maximum Gasteiger partial charge on any atom is 0.115 e. The van der Waals surface area contributed by atoms with Crippen molar-refractivity contribution in [1.29, 1.82) is 0 Å². The van der Waals surface area contributed by atoms with Crippen LogP contribution in [0.4, 0.5) is 0 Å². The zero-order valence-corrected chi connectivity index (χ0v) is 10.5. The molecule has 1 rings (SSSR count). The van der Waals surface area contributed by atoms with Crippen LogP contribution in [0.1, 0.15) is 31.9 Å². The summed E-state index contributed by atoms with van der Waals surface area (Å²) in [5.41, 5.74) is 1.16. The Balaban J connectivity index is 2.50. The summed E-state index contributed by atoms with van der Waals surface area (Å²) in [7, 11) is 1.99. The molecule has 0 saturated heterocycles. The minimum atomic E-state index is 0.349. The van der Waals surface area contributed by atoms with Crippen LogP contribution >= 0.6 is 0 Å². The molecule has 0 spiro atoms. The van der Waals surface area contributed by atoms with E-state index in [1.54, 1.807) is 6.33 Å². The van der Waals surface area contributed by atoms with Gasteiger partial charge in [0.2, 0.25) is 0 Å².